The minimum Gasteiger partial charge on any atom is -0.306 e. The van der Waals surface area contributed by atoms with Gasteiger partial charge in [-0.25, -0.2) is 0 Å². The van der Waals surface area contributed by atoms with E-state index < -0.39 is 0 Å². The Kier molecular flexibility index (Phi) is 4.33. The molecule has 0 fully saturated rings. The lowest BCUT2D eigenvalue weighted by atomic mass is 10.2. The van der Waals surface area contributed by atoms with Gasteiger partial charge in [0.25, 0.3) is 0 Å². The van der Waals surface area contributed by atoms with Crippen LogP contribution < -0.4 is 5.32 Å². The summed E-state index contributed by atoms with van der Waals surface area (Å²) < 4.78 is 3.47. The molecular weight excluding hydrogens is 290 g/mol. The van der Waals surface area contributed by atoms with Gasteiger partial charge in [-0.2, -0.15) is 10.2 Å². The molecule has 0 saturated heterocycles. The molecule has 0 saturated carbocycles. The normalized spacial score (nSPS) is 11.0. The molecule has 3 rings (SSSR count). The van der Waals surface area contributed by atoms with Crippen molar-refractivity contribution in [3.8, 4) is 0 Å². The van der Waals surface area contributed by atoms with Crippen LogP contribution in [0.15, 0.2) is 61.1 Å². The fraction of sp³-hybridized carbons (Fsp3) is 0.118. The van der Waals surface area contributed by atoms with Crippen molar-refractivity contribution in [2.75, 3.05) is 5.32 Å². The van der Waals surface area contributed by atoms with Gasteiger partial charge in [-0.05, 0) is 11.6 Å². The number of nitrogens with zero attached hydrogens (tertiary/aromatic N) is 4. The van der Waals surface area contributed by atoms with Gasteiger partial charge in [-0.3, -0.25) is 14.2 Å². The molecule has 0 aliphatic heterocycles. The number of hydrogen-bond donors (Lipinski definition) is 1. The van der Waals surface area contributed by atoms with Crippen molar-refractivity contribution in [1.29, 1.82) is 0 Å². The molecule has 116 valence electrons. The van der Waals surface area contributed by atoms with Gasteiger partial charge < -0.3 is 5.32 Å². The molecule has 0 aliphatic carbocycles. The average Bonchev–Trinajstić information content (AvgIpc) is 3.15. The first-order valence-electron chi connectivity index (χ1n) is 7.24. The lowest BCUT2D eigenvalue weighted by Gasteiger charge is -2.01. The summed E-state index contributed by atoms with van der Waals surface area (Å²) in [6, 6.07) is 11.8. The number of anilines is 1. The van der Waals surface area contributed by atoms with Crippen molar-refractivity contribution >= 4 is 17.8 Å². The molecule has 2 aromatic heterocycles. The van der Waals surface area contributed by atoms with Gasteiger partial charge in [-0.1, -0.05) is 30.3 Å². The summed E-state index contributed by atoms with van der Waals surface area (Å²) >= 11 is 0. The zero-order chi connectivity index (χ0) is 16.1. The second-order valence-corrected chi connectivity index (χ2v) is 5.15. The third-order valence-corrected chi connectivity index (χ3v) is 3.23. The van der Waals surface area contributed by atoms with Gasteiger partial charge in [0.1, 0.15) is 0 Å². The highest BCUT2D eigenvalue weighted by atomic mass is 16.1. The molecule has 2 heterocycles. The second-order valence-electron chi connectivity index (χ2n) is 5.15. The topological polar surface area (TPSA) is 64.7 Å². The Morgan fingerprint density at radius 2 is 2.09 bits per heavy atom. The first kappa shape index (κ1) is 14.8. The highest BCUT2D eigenvalue weighted by Gasteiger charge is 2.03. The van der Waals surface area contributed by atoms with E-state index in [-0.39, 0.29) is 5.91 Å². The SMILES string of the molecule is Cn1cc(/C=C/C(=O)Nc2ccn(Cc3ccccc3)n2)cn1. The van der Waals surface area contributed by atoms with Crippen LogP contribution in [0.4, 0.5) is 5.82 Å². The van der Waals surface area contributed by atoms with E-state index >= 15 is 0 Å². The van der Waals surface area contributed by atoms with Crippen molar-refractivity contribution in [3.05, 3.63) is 72.2 Å². The smallest absolute Gasteiger partial charge is 0.249 e. The van der Waals surface area contributed by atoms with Crippen LogP contribution in [0.3, 0.4) is 0 Å². The molecule has 0 radical (unpaired) electrons. The predicted molar refractivity (Wildman–Crippen MR) is 88.6 cm³/mol. The van der Waals surface area contributed by atoms with Crippen LogP contribution in [-0.2, 0) is 18.4 Å². The predicted octanol–water partition coefficient (Wildman–Crippen LogP) is 2.32. The summed E-state index contributed by atoms with van der Waals surface area (Å²) in [5.74, 6) is 0.306. The van der Waals surface area contributed by atoms with Gasteiger partial charge in [0.2, 0.25) is 5.91 Å². The van der Waals surface area contributed by atoms with E-state index in [4.69, 9.17) is 0 Å². The number of aromatic nitrogens is 4. The summed E-state index contributed by atoms with van der Waals surface area (Å²) in [6.07, 6.45) is 8.54. The molecule has 0 unspecified atom stereocenters. The zero-order valence-electron chi connectivity index (χ0n) is 12.8. The second kappa shape index (κ2) is 6.74. The van der Waals surface area contributed by atoms with Crippen molar-refractivity contribution in [1.82, 2.24) is 19.6 Å². The average molecular weight is 307 g/mol. The van der Waals surface area contributed by atoms with Gasteiger partial charge in [-0.15, -0.1) is 0 Å². The fourth-order valence-corrected chi connectivity index (χ4v) is 2.15. The fourth-order valence-electron chi connectivity index (χ4n) is 2.15. The maximum Gasteiger partial charge on any atom is 0.249 e. The van der Waals surface area contributed by atoms with Crippen molar-refractivity contribution in [3.63, 3.8) is 0 Å². The van der Waals surface area contributed by atoms with Gasteiger partial charge in [0.05, 0.1) is 12.7 Å². The number of amides is 1. The Balaban J connectivity index is 1.58. The Hall–Kier alpha value is -3.15. The van der Waals surface area contributed by atoms with Gasteiger partial charge >= 0.3 is 0 Å². The molecule has 23 heavy (non-hydrogen) atoms. The molecule has 1 aromatic carbocycles. The maximum atomic E-state index is 11.9. The highest BCUT2D eigenvalue weighted by Crippen LogP contribution is 2.07. The lowest BCUT2D eigenvalue weighted by Crippen LogP contribution is -2.09. The molecule has 6 nitrogen and oxygen atoms in total. The number of rotatable bonds is 5. The Labute approximate surface area is 134 Å². The van der Waals surface area contributed by atoms with Crippen LogP contribution in [0.25, 0.3) is 6.08 Å². The van der Waals surface area contributed by atoms with E-state index in [1.807, 2.05) is 49.8 Å². The number of benzene rings is 1. The van der Waals surface area contributed by atoms with Crippen LogP contribution in [0.2, 0.25) is 0 Å². The van der Waals surface area contributed by atoms with E-state index in [1.165, 1.54) is 6.08 Å². The maximum absolute atomic E-state index is 11.9. The number of carbonyl (C=O) groups excluding carboxylic acids is 1. The Bertz CT molecular complexity index is 816. The molecule has 0 aliphatic rings. The van der Waals surface area contributed by atoms with E-state index in [2.05, 4.69) is 15.5 Å². The number of aryl methyl sites for hydroxylation is 1. The van der Waals surface area contributed by atoms with Crippen LogP contribution in [0.5, 0.6) is 0 Å². The van der Waals surface area contributed by atoms with E-state index in [0.29, 0.717) is 12.4 Å². The first-order chi connectivity index (χ1) is 11.2. The van der Waals surface area contributed by atoms with E-state index in [0.717, 1.165) is 11.1 Å². The van der Waals surface area contributed by atoms with Crippen molar-refractivity contribution in [2.24, 2.45) is 7.05 Å². The number of hydrogen-bond acceptors (Lipinski definition) is 3. The third kappa shape index (κ3) is 4.16. The Morgan fingerprint density at radius 1 is 1.26 bits per heavy atom. The zero-order valence-corrected chi connectivity index (χ0v) is 12.8. The first-order valence-corrected chi connectivity index (χ1v) is 7.24. The number of carbonyl (C=O) groups is 1. The minimum atomic E-state index is -0.223. The summed E-state index contributed by atoms with van der Waals surface area (Å²) in [6.45, 7) is 0.669. The number of nitrogens with one attached hydrogen (secondary N) is 1. The highest BCUT2D eigenvalue weighted by molar-refractivity contribution is 6.01. The monoisotopic (exact) mass is 307 g/mol. The van der Waals surface area contributed by atoms with Gasteiger partial charge in [0.15, 0.2) is 5.82 Å². The molecule has 6 heteroatoms. The quantitative estimate of drug-likeness (QED) is 0.736. The van der Waals surface area contributed by atoms with Gasteiger partial charge in [0, 0.05) is 37.1 Å². The van der Waals surface area contributed by atoms with Crippen LogP contribution in [-0.4, -0.2) is 25.5 Å². The largest absolute Gasteiger partial charge is 0.306 e. The van der Waals surface area contributed by atoms with Crippen molar-refractivity contribution in [2.45, 2.75) is 6.54 Å². The molecule has 0 bridgehead atoms. The molecule has 0 spiro atoms. The van der Waals surface area contributed by atoms with Crippen molar-refractivity contribution < 1.29 is 4.79 Å². The standard InChI is InChI=1S/C17H17N5O/c1-21-12-15(11-18-21)7-8-17(23)19-16-9-10-22(20-16)13-14-5-3-2-4-6-14/h2-12H,13H2,1H3,(H,19,20,23)/b8-7+. The summed E-state index contributed by atoms with van der Waals surface area (Å²) in [5.41, 5.74) is 2.03. The summed E-state index contributed by atoms with van der Waals surface area (Å²) in [7, 11) is 1.83. The van der Waals surface area contributed by atoms with E-state index in [1.54, 1.807) is 27.7 Å². The molecular formula is C17H17N5O. The molecule has 1 amide bonds. The Morgan fingerprint density at radius 3 is 2.83 bits per heavy atom. The van der Waals surface area contributed by atoms with Crippen LogP contribution >= 0.6 is 0 Å². The van der Waals surface area contributed by atoms with Crippen LogP contribution in [0.1, 0.15) is 11.1 Å². The summed E-state index contributed by atoms with van der Waals surface area (Å²) in [5, 5.41) is 11.1. The molecule has 1 N–H and O–H groups in total. The molecule has 0 atom stereocenters. The summed E-state index contributed by atoms with van der Waals surface area (Å²) in [4.78, 5) is 11.9. The lowest BCUT2D eigenvalue weighted by molar-refractivity contribution is -0.111. The minimum absolute atomic E-state index is 0.223. The molecule has 3 aromatic rings. The van der Waals surface area contributed by atoms with E-state index in [9.17, 15) is 4.79 Å². The van der Waals surface area contributed by atoms with Crippen LogP contribution in [0, 0.1) is 0 Å². The third-order valence-electron chi connectivity index (χ3n) is 3.23.